The average Bonchev–Trinajstić information content (AvgIpc) is 0.755. The van der Waals surface area contributed by atoms with E-state index in [1.165, 1.54) is 27.7 Å². The normalized spacial score (nSPS) is 16.8. The van der Waals surface area contributed by atoms with Crippen molar-refractivity contribution in [1.29, 1.82) is 0 Å². The minimum Gasteiger partial charge on any atom is -0.512 e. The number of allylic oxidation sites excluding steroid dienone is 6. The van der Waals surface area contributed by atoms with Crippen LogP contribution in [0.25, 0.3) is 32.7 Å². The molecule has 3 aliphatic heterocycles. The summed E-state index contributed by atoms with van der Waals surface area (Å²) < 4.78 is 55.4. The van der Waals surface area contributed by atoms with Crippen LogP contribution in [0.3, 0.4) is 0 Å². The molecule has 0 unspecified atom stereocenters. The van der Waals surface area contributed by atoms with Gasteiger partial charge in [-0.3, -0.25) is 28.8 Å². The fraction of sp³-hybridized carbons (Fsp3) is 0.364. The molecular weight excluding hydrogens is 1620 g/mol. The van der Waals surface area contributed by atoms with Crippen molar-refractivity contribution >= 4 is 132 Å². The van der Waals surface area contributed by atoms with E-state index in [0.29, 0.717) is 131 Å². The fourth-order valence-corrected chi connectivity index (χ4v) is 16.8. The third-order valence-corrected chi connectivity index (χ3v) is 23.3. The van der Waals surface area contributed by atoms with Crippen LogP contribution in [0.1, 0.15) is 101 Å². The van der Waals surface area contributed by atoms with Crippen LogP contribution >= 0.6 is 34.8 Å². The number of benzene rings is 6. The first-order valence-corrected chi connectivity index (χ1v) is 41.0. The summed E-state index contributed by atoms with van der Waals surface area (Å²) in [6.45, 7) is 13.0. The molecule has 6 amide bonds. The molecule has 27 nitrogen and oxygen atoms in total. The lowest BCUT2D eigenvalue weighted by molar-refractivity contribution is -0.130. The van der Waals surface area contributed by atoms with Crippen LogP contribution in [0.5, 0.6) is 6.01 Å². The van der Waals surface area contributed by atoms with Gasteiger partial charge in [-0.2, -0.15) is 19.9 Å². The number of fused-ring (bicyclic) bond motifs is 6. The Morgan fingerprint density at radius 1 is 0.463 bits per heavy atom. The molecule has 9 aromatic rings. The Morgan fingerprint density at radius 2 is 0.777 bits per heavy atom. The van der Waals surface area contributed by atoms with Gasteiger partial charge in [0.1, 0.15) is 40.6 Å². The number of amides is 6. The zero-order chi connectivity index (χ0) is 86.4. The molecule has 0 saturated carbocycles. The highest BCUT2D eigenvalue weighted by Crippen LogP contribution is 2.47. The van der Waals surface area contributed by atoms with Crippen molar-refractivity contribution in [3.8, 4) is 6.01 Å². The van der Waals surface area contributed by atoms with Gasteiger partial charge in [0.25, 0.3) is 0 Å². The van der Waals surface area contributed by atoms with Gasteiger partial charge in [0.05, 0.1) is 23.7 Å². The Bertz CT molecular complexity index is 5410. The molecule has 3 saturated heterocycles. The number of halogens is 6. The largest absolute Gasteiger partial charge is 0.512 e. The molecule has 0 radical (unpaired) electrons. The average molecular weight is 1710 g/mol. The van der Waals surface area contributed by atoms with E-state index in [0.717, 1.165) is 33.4 Å². The quantitative estimate of drug-likeness (QED) is 0.0470. The Morgan fingerprint density at radius 3 is 1.11 bits per heavy atom. The highest BCUT2D eigenvalue weighted by atomic mass is 35.5. The van der Waals surface area contributed by atoms with Gasteiger partial charge in [-0.05, 0) is 75.9 Å². The van der Waals surface area contributed by atoms with E-state index in [-0.39, 0.29) is 158 Å². The number of carbonyl (C=O) groups excluding carboxylic acids is 6. The highest BCUT2D eigenvalue weighted by Gasteiger charge is 2.36. The molecule has 6 heterocycles. The van der Waals surface area contributed by atoms with Crippen LogP contribution in [0.2, 0.25) is 15.1 Å². The number of nitrogens with one attached hydrogen (secondary N) is 2. The van der Waals surface area contributed by atoms with Crippen LogP contribution in [0.4, 0.5) is 42.5 Å². The molecule has 6 aromatic carbocycles. The molecule has 3 aliphatic carbocycles. The Hall–Kier alpha value is -12.0. The third kappa shape index (κ3) is 19.3. The second-order valence-electron chi connectivity index (χ2n) is 30.9. The van der Waals surface area contributed by atoms with Crippen molar-refractivity contribution in [2.45, 2.75) is 70.1 Å². The SMILES string of the molecule is C=CC(=O)N1CCN(c2nc(NCCC(=O)N(C)C)nc3c(F)c([C@H]4C=C(O)Cc5ccccc54)c(Cl)cc23)CC1.CC(=O)N1CCN(c2nc(NCCC(=O)N(C)C)nc3c(F)c([C@H]4C=C(O)Cc5ccccc54)c(Cl)cc23)CC1.CC(=O)N1CCN(c2nc(OCCC(=O)N(C)C)nc3c(F)c([C@H]4C=C(O)Cc5ccccc54)c(Cl)cc23)CC1. The molecule has 15 rings (SSSR count). The summed E-state index contributed by atoms with van der Waals surface area (Å²) in [5.74, 6) is -1.78. The summed E-state index contributed by atoms with van der Waals surface area (Å²) >= 11 is 20.3. The number of carbonyl (C=O) groups is 6. The number of ether oxygens (including phenoxy) is 1. The lowest BCUT2D eigenvalue weighted by Gasteiger charge is -2.35. The van der Waals surface area contributed by atoms with Gasteiger partial charge in [0.15, 0.2) is 17.5 Å². The van der Waals surface area contributed by atoms with Crippen molar-refractivity contribution in [3.63, 3.8) is 0 Å². The fourth-order valence-electron chi connectivity index (χ4n) is 15.9. The van der Waals surface area contributed by atoms with Gasteiger partial charge >= 0.3 is 6.01 Å². The van der Waals surface area contributed by atoms with Gasteiger partial charge in [0, 0.05) is 246 Å². The van der Waals surface area contributed by atoms with E-state index in [1.54, 1.807) is 100 Å². The maximum Gasteiger partial charge on any atom is 0.319 e. The van der Waals surface area contributed by atoms with Gasteiger partial charge in [-0.15, -0.1) is 0 Å². The number of nitrogens with zero attached hydrogens (tertiary/aromatic N) is 15. The number of rotatable bonds is 19. The highest BCUT2D eigenvalue weighted by molar-refractivity contribution is 6.33. The standard InChI is InChI=1S/C30H32ClFN6O3.C29H32ClFN6O3.C29H31ClFN5O4/c1-4-24(40)37-11-13-38(14-12-37)29-22-17-23(31)26(21-16-19(39)15-18-7-5-6-8-20(18)21)27(32)28(22)34-30(35-29)33-10-9-25(41)36(2)3;1-17(38)36-10-12-37(13-11-36)28-22-16-23(30)25(21-15-19(39)14-18-6-4-5-7-20(18)21)26(31)27(22)33-29(34-28)32-9-8-24(40)35(2)3;1-17(37)35-9-11-36(12-10-35)28-22-16-23(30)25(21-15-19(38)14-18-6-4-5-7-20(18)21)26(31)27(22)32-29(33-28)40-13-8-24(39)34(2)3/h4-8,16-17,21,39H,1,9-15H2,2-3H3,(H,33,34,35);4-7,15-16,21,39H,8-14H2,1-3H3,(H,32,33,34);4-7,15-16,21,38H,8-14H2,1-3H3/t3*21-/m000/s1. The van der Waals surface area contributed by atoms with Crippen LogP contribution in [0.15, 0.2) is 139 Å². The van der Waals surface area contributed by atoms with Crippen LogP contribution in [0, 0.1) is 17.5 Å². The maximum atomic E-state index is 16.6. The van der Waals surface area contributed by atoms with Crippen molar-refractivity contribution < 1.29 is 62.0 Å². The summed E-state index contributed by atoms with van der Waals surface area (Å²) in [5, 5.41) is 39.5. The molecule has 3 atom stereocenters. The van der Waals surface area contributed by atoms with E-state index >= 15 is 13.2 Å². The smallest absolute Gasteiger partial charge is 0.319 e. The number of piperazine rings is 3. The molecule has 33 heteroatoms. The lowest BCUT2D eigenvalue weighted by Crippen LogP contribution is -2.48. The number of hydrogen-bond donors (Lipinski definition) is 5. The monoisotopic (exact) mass is 1710 g/mol. The summed E-state index contributed by atoms with van der Waals surface area (Å²) in [6.07, 6.45) is 7.81. The molecule has 3 fully saturated rings. The Kier molecular flexibility index (Phi) is 27.1. The first-order valence-electron chi connectivity index (χ1n) is 39.8. The number of aliphatic hydroxyl groups is 3. The zero-order valence-electron chi connectivity index (χ0n) is 68.4. The van der Waals surface area contributed by atoms with E-state index in [9.17, 15) is 44.1 Å². The van der Waals surface area contributed by atoms with Gasteiger partial charge in [-0.1, -0.05) is 114 Å². The summed E-state index contributed by atoms with van der Waals surface area (Å²) in [4.78, 5) is 115. The minimum atomic E-state index is -0.631. The first-order chi connectivity index (χ1) is 57.9. The van der Waals surface area contributed by atoms with Crippen molar-refractivity contribution in [2.75, 3.05) is 166 Å². The third-order valence-electron chi connectivity index (χ3n) is 22.4. The molecule has 0 bridgehead atoms. The summed E-state index contributed by atoms with van der Waals surface area (Å²) in [5.41, 5.74) is 6.14. The van der Waals surface area contributed by atoms with Crippen LogP contribution in [-0.2, 0) is 48.0 Å². The molecular formula is C88H95Cl3F3N17O10. The predicted octanol–water partition coefficient (Wildman–Crippen LogP) is 12.5. The molecule has 0 spiro atoms. The van der Waals surface area contributed by atoms with E-state index < -0.39 is 35.2 Å². The van der Waals surface area contributed by atoms with Crippen molar-refractivity contribution in [2.24, 2.45) is 0 Å². The van der Waals surface area contributed by atoms with E-state index in [1.807, 2.05) is 87.5 Å². The second kappa shape index (κ2) is 37.7. The topological polar surface area (TPSA) is 303 Å². The number of hydrogen-bond acceptors (Lipinski definition) is 21. The summed E-state index contributed by atoms with van der Waals surface area (Å²) in [7, 11) is 10.0. The number of aromatic nitrogens is 6. The maximum absolute atomic E-state index is 16.6. The first kappa shape index (κ1) is 86.8. The molecule has 6 aliphatic rings. The molecule has 3 aromatic heterocycles. The minimum absolute atomic E-state index is 0.00270. The second-order valence-corrected chi connectivity index (χ2v) is 32.1. The van der Waals surface area contributed by atoms with Gasteiger partial charge in [-0.25, -0.2) is 23.1 Å². The van der Waals surface area contributed by atoms with E-state index in [2.05, 4.69) is 37.1 Å². The molecule has 5 N–H and O–H groups in total. The molecule has 121 heavy (non-hydrogen) atoms. The molecule has 634 valence electrons. The van der Waals surface area contributed by atoms with Crippen LogP contribution < -0.4 is 30.1 Å². The van der Waals surface area contributed by atoms with Gasteiger partial charge in [0.2, 0.25) is 47.3 Å². The predicted molar refractivity (Wildman–Crippen MR) is 462 cm³/mol. The zero-order valence-corrected chi connectivity index (χ0v) is 70.7. The summed E-state index contributed by atoms with van der Waals surface area (Å²) in [6, 6.07) is 27.7. The van der Waals surface area contributed by atoms with E-state index in [4.69, 9.17) is 49.5 Å². The van der Waals surface area contributed by atoms with Crippen LogP contribution in [-0.4, -0.2) is 251 Å². The lowest BCUT2D eigenvalue weighted by atomic mass is 9.82. The van der Waals surface area contributed by atoms with Crippen molar-refractivity contribution in [1.82, 2.24) is 59.3 Å². The Balaban J connectivity index is 0.000000157. The van der Waals surface area contributed by atoms with Crippen molar-refractivity contribution in [3.05, 3.63) is 222 Å². The number of anilines is 5. The number of aliphatic hydroxyl groups excluding tert-OH is 3. The Labute approximate surface area is 713 Å². The van der Waals surface area contributed by atoms with Gasteiger partial charge < -0.3 is 74.8 Å².